The first-order chi connectivity index (χ1) is 9.84. The molecule has 0 heterocycles. The molecule has 0 saturated heterocycles. The van der Waals surface area contributed by atoms with Gasteiger partial charge in [0.05, 0.1) is 0 Å². The Kier molecular flexibility index (Phi) is 4.99. The number of aromatic hydroxyl groups is 1. The predicted octanol–water partition coefficient (Wildman–Crippen LogP) is 5.16. The van der Waals surface area contributed by atoms with Crippen molar-refractivity contribution < 1.29 is 5.11 Å². The summed E-state index contributed by atoms with van der Waals surface area (Å²) < 4.78 is 0. The van der Waals surface area contributed by atoms with Gasteiger partial charge in [-0.3, -0.25) is 0 Å². The highest BCUT2D eigenvalue weighted by atomic mass is 31.1. The number of hydrogen-bond donors (Lipinski definition) is 1. The molecule has 2 aliphatic rings. The molecule has 110 valence electrons. The molecule has 0 atom stereocenters. The summed E-state index contributed by atoms with van der Waals surface area (Å²) in [5.41, 5.74) is 1.90. The molecule has 1 aromatic carbocycles. The van der Waals surface area contributed by atoms with Crippen LogP contribution in [0.5, 0.6) is 5.75 Å². The molecule has 20 heavy (non-hydrogen) atoms. The predicted molar refractivity (Wildman–Crippen MR) is 88.4 cm³/mol. The average molecular weight is 290 g/mol. The summed E-state index contributed by atoms with van der Waals surface area (Å²) in [5, 5.41) is 11.1. The van der Waals surface area contributed by atoms with Gasteiger partial charge >= 0.3 is 0 Å². The summed E-state index contributed by atoms with van der Waals surface area (Å²) in [7, 11) is -0.0156. The molecule has 0 aromatic heterocycles. The van der Waals surface area contributed by atoms with Gasteiger partial charge in [0.15, 0.2) is 0 Å². The van der Waals surface area contributed by atoms with Gasteiger partial charge in [-0.25, -0.2) is 0 Å². The minimum Gasteiger partial charge on any atom is -0.508 e. The zero-order valence-electron chi connectivity index (χ0n) is 12.4. The molecule has 2 fully saturated rings. The van der Waals surface area contributed by atoms with E-state index < -0.39 is 0 Å². The summed E-state index contributed by atoms with van der Waals surface area (Å²) in [4.78, 5) is 0. The highest BCUT2D eigenvalue weighted by Crippen LogP contribution is 2.54. The zero-order chi connectivity index (χ0) is 13.8. The smallest absolute Gasteiger partial charge is 0.115 e. The van der Waals surface area contributed by atoms with Crippen molar-refractivity contribution in [3.05, 3.63) is 24.3 Å². The van der Waals surface area contributed by atoms with Crippen LogP contribution in [0.25, 0.3) is 0 Å². The van der Waals surface area contributed by atoms with Crippen LogP contribution in [0.3, 0.4) is 0 Å². The highest BCUT2D eigenvalue weighted by Gasteiger charge is 2.31. The zero-order valence-corrected chi connectivity index (χ0v) is 13.3. The van der Waals surface area contributed by atoms with Gasteiger partial charge in [-0.15, -0.1) is 0 Å². The van der Waals surface area contributed by atoms with E-state index in [4.69, 9.17) is 0 Å². The minimum atomic E-state index is -0.0156. The van der Waals surface area contributed by atoms with Gasteiger partial charge in [-0.1, -0.05) is 58.6 Å². The monoisotopic (exact) mass is 290 g/mol. The van der Waals surface area contributed by atoms with Gasteiger partial charge in [0.1, 0.15) is 5.75 Å². The number of rotatable bonds is 3. The fourth-order valence-corrected chi connectivity index (χ4v) is 7.84. The van der Waals surface area contributed by atoms with Gasteiger partial charge in [0, 0.05) is 0 Å². The van der Waals surface area contributed by atoms with E-state index >= 15 is 0 Å². The topological polar surface area (TPSA) is 20.2 Å². The fraction of sp³-hybridized carbons (Fsp3) is 0.667. The van der Waals surface area contributed by atoms with Crippen LogP contribution >= 0.6 is 7.92 Å². The molecular formula is C18H27OP. The summed E-state index contributed by atoms with van der Waals surface area (Å²) in [6.45, 7) is 0. The Labute approximate surface area is 124 Å². The Bertz CT molecular complexity index is 384. The standard InChI is InChI=1S/C18H27OP/c19-15-11-13-18(14-12-15)20(16-7-3-1-4-8-16)17-9-5-2-6-10-17/h11-14,16-17,19H,1-10H2. The van der Waals surface area contributed by atoms with Crippen molar-refractivity contribution in [2.75, 3.05) is 0 Å². The van der Waals surface area contributed by atoms with Crippen molar-refractivity contribution in [3.63, 3.8) is 0 Å². The lowest BCUT2D eigenvalue weighted by molar-refractivity contribution is 0.475. The molecule has 0 spiro atoms. The number of phenolic OH excluding ortho intramolecular Hbond substituents is 1. The lowest BCUT2D eigenvalue weighted by Crippen LogP contribution is -2.26. The van der Waals surface area contributed by atoms with E-state index in [0.29, 0.717) is 5.75 Å². The van der Waals surface area contributed by atoms with E-state index in [1.807, 2.05) is 12.1 Å². The maximum atomic E-state index is 9.57. The Morgan fingerprint density at radius 1 is 0.700 bits per heavy atom. The van der Waals surface area contributed by atoms with E-state index in [1.165, 1.54) is 64.2 Å². The molecule has 0 aliphatic heterocycles. The van der Waals surface area contributed by atoms with Crippen molar-refractivity contribution in [2.24, 2.45) is 0 Å². The summed E-state index contributed by atoms with van der Waals surface area (Å²) in [5.74, 6) is 0.413. The molecule has 0 bridgehead atoms. The van der Waals surface area contributed by atoms with E-state index in [0.717, 1.165) is 11.3 Å². The first kappa shape index (κ1) is 14.4. The highest BCUT2D eigenvalue weighted by molar-refractivity contribution is 7.67. The van der Waals surface area contributed by atoms with Crippen molar-refractivity contribution in [1.29, 1.82) is 0 Å². The third kappa shape index (κ3) is 3.37. The van der Waals surface area contributed by atoms with Crippen LogP contribution in [-0.4, -0.2) is 16.4 Å². The van der Waals surface area contributed by atoms with Crippen LogP contribution in [0.2, 0.25) is 0 Å². The molecule has 0 unspecified atom stereocenters. The van der Waals surface area contributed by atoms with Gasteiger partial charge in [0.25, 0.3) is 0 Å². The van der Waals surface area contributed by atoms with Gasteiger partial charge in [0.2, 0.25) is 0 Å². The van der Waals surface area contributed by atoms with E-state index in [1.54, 1.807) is 5.30 Å². The molecular weight excluding hydrogens is 263 g/mol. The number of phenols is 1. The van der Waals surface area contributed by atoms with Crippen LogP contribution in [0.1, 0.15) is 64.2 Å². The maximum Gasteiger partial charge on any atom is 0.115 e. The molecule has 0 radical (unpaired) electrons. The van der Waals surface area contributed by atoms with E-state index in [-0.39, 0.29) is 7.92 Å². The molecule has 2 saturated carbocycles. The molecule has 1 aromatic rings. The third-order valence-corrected chi connectivity index (χ3v) is 8.58. The molecule has 2 aliphatic carbocycles. The third-order valence-electron chi connectivity index (χ3n) is 5.08. The van der Waals surface area contributed by atoms with Crippen LogP contribution in [0.15, 0.2) is 24.3 Å². The quantitative estimate of drug-likeness (QED) is 0.762. The lowest BCUT2D eigenvalue weighted by Gasteiger charge is -2.38. The summed E-state index contributed by atoms with van der Waals surface area (Å²) >= 11 is 0. The van der Waals surface area contributed by atoms with Crippen LogP contribution in [0, 0.1) is 0 Å². The van der Waals surface area contributed by atoms with Gasteiger partial charge < -0.3 is 5.11 Å². The van der Waals surface area contributed by atoms with Gasteiger partial charge in [-0.05, 0) is 54.4 Å². The number of hydrogen-bond acceptors (Lipinski definition) is 1. The SMILES string of the molecule is Oc1ccc(P(C2CCCCC2)C2CCCCC2)cc1. The van der Waals surface area contributed by atoms with Crippen molar-refractivity contribution in [1.82, 2.24) is 0 Å². The van der Waals surface area contributed by atoms with Crippen molar-refractivity contribution >= 4 is 13.2 Å². The van der Waals surface area contributed by atoms with Crippen molar-refractivity contribution in [2.45, 2.75) is 75.5 Å². The van der Waals surface area contributed by atoms with E-state index in [2.05, 4.69) is 12.1 Å². The molecule has 1 nitrogen and oxygen atoms in total. The maximum absolute atomic E-state index is 9.57. The Morgan fingerprint density at radius 2 is 1.15 bits per heavy atom. The molecule has 1 N–H and O–H groups in total. The lowest BCUT2D eigenvalue weighted by atomic mass is 9.99. The normalized spacial score (nSPS) is 22.2. The first-order valence-corrected chi connectivity index (χ1v) is 9.90. The van der Waals surface area contributed by atoms with Crippen LogP contribution in [0.4, 0.5) is 0 Å². The Morgan fingerprint density at radius 3 is 1.60 bits per heavy atom. The molecule has 0 amide bonds. The second-order valence-corrected chi connectivity index (χ2v) is 9.30. The largest absolute Gasteiger partial charge is 0.508 e. The molecule has 3 rings (SSSR count). The van der Waals surface area contributed by atoms with E-state index in [9.17, 15) is 5.11 Å². The first-order valence-electron chi connectivity index (χ1n) is 8.42. The average Bonchev–Trinajstić information content (AvgIpc) is 2.52. The summed E-state index contributed by atoms with van der Waals surface area (Å²) in [6, 6.07) is 8.22. The second-order valence-electron chi connectivity index (χ2n) is 6.51. The molecule has 2 heteroatoms. The Hall–Kier alpha value is -0.550. The van der Waals surface area contributed by atoms with Crippen LogP contribution in [-0.2, 0) is 0 Å². The van der Waals surface area contributed by atoms with Crippen molar-refractivity contribution in [3.8, 4) is 5.75 Å². The second kappa shape index (κ2) is 6.94. The Balaban J connectivity index is 1.83. The fourth-order valence-electron chi connectivity index (χ4n) is 4.06. The minimum absolute atomic E-state index is 0.0156. The van der Waals surface area contributed by atoms with Crippen LogP contribution < -0.4 is 5.30 Å². The van der Waals surface area contributed by atoms with Gasteiger partial charge in [-0.2, -0.15) is 0 Å². The summed E-state index contributed by atoms with van der Waals surface area (Å²) in [6.07, 6.45) is 14.4. The number of benzene rings is 1.